The van der Waals surface area contributed by atoms with Crippen molar-refractivity contribution in [3.63, 3.8) is 0 Å². The van der Waals surface area contributed by atoms with Crippen molar-refractivity contribution in [2.75, 3.05) is 13.2 Å². The van der Waals surface area contributed by atoms with Crippen LogP contribution in [0.15, 0.2) is 60.7 Å². The molecule has 34 heavy (non-hydrogen) atoms. The second-order valence-corrected chi connectivity index (χ2v) is 9.50. The molecule has 2 rings (SSSR count). The van der Waals surface area contributed by atoms with Crippen molar-refractivity contribution < 1.29 is 28.5 Å². The molecule has 0 aliphatic rings. The number of para-hydroxylation sites is 2. The summed E-state index contributed by atoms with van der Waals surface area (Å²) in [7, 11) is 0. The van der Waals surface area contributed by atoms with Gasteiger partial charge in [0.15, 0.2) is 0 Å². The minimum Gasteiger partial charge on any atom is -0.494 e. The molecule has 0 amide bonds. The molecule has 186 valence electrons. The number of carbonyl (C=O) groups is 2. The molecule has 2 aromatic carbocycles. The zero-order valence-corrected chi connectivity index (χ0v) is 20.9. The van der Waals surface area contributed by atoms with Crippen LogP contribution in [0, 0.1) is 0 Å². The molecule has 0 unspecified atom stereocenters. The Labute approximate surface area is 203 Å². The second kappa shape index (κ2) is 13.6. The molecule has 0 aromatic heterocycles. The van der Waals surface area contributed by atoms with Crippen LogP contribution in [0.1, 0.15) is 66.2 Å². The van der Waals surface area contributed by atoms with E-state index in [9.17, 15) is 9.59 Å². The fourth-order valence-corrected chi connectivity index (χ4v) is 3.43. The third kappa shape index (κ3) is 11.7. The summed E-state index contributed by atoms with van der Waals surface area (Å²) in [6.07, 6.45) is 2.81. The van der Waals surface area contributed by atoms with Gasteiger partial charge >= 0.3 is 11.9 Å². The molecule has 2 aromatic rings. The van der Waals surface area contributed by atoms with Crippen molar-refractivity contribution in [3.05, 3.63) is 60.7 Å². The third-order valence-corrected chi connectivity index (χ3v) is 5.18. The zero-order chi connectivity index (χ0) is 24.9. The van der Waals surface area contributed by atoms with Crippen molar-refractivity contribution in [3.8, 4) is 11.5 Å². The Balaban J connectivity index is 1.59. The Morgan fingerprint density at radius 3 is 1.32 bits per heavy atom. The van der Waals surface area contributed by atoms with Gasteiger partial charge in [0.1, 0.15) is 22.7 Å². The zero-order valence-electron chi connectivity index (χ0n) is 20.9. The van der Waals surface area contributed by atoms with E-state index in [1.165, 1.54) is 0 Å². The topological polar surface area (TPSA) is 71.1 Å². The summed E-state index contributed by atoms with van der Waals surface area (Å²) in [5, 5.41) is 0. The Hall–Kier alpha value is -3.02. The van der Waals surface area contributed by atoms with Crippen molar-refractivity contribution >= 4 is 11.9 Å². The van der Waals surface area contributed by atoms with Gasteiger partial charge in [-0.15, -0.1) is 0 Å². The summed E-state index contributed by atoms with van der Waals surface area (Å²) in [5.41, 5.74) is -1.25. The Morgan fingerprint density at radius 2 is 0.971 bits per heavy atom. The summed E-state index contributed by atoms with van der Waals surface area (Å²) in [6, 6.07) is 19.2. The molecule has 0 spiro atoms. The molecule has 0 aliphatic carbocycles. The highest BCUT2D eigenvalue weighted by Crippen LogP contribution is 2.21. The van der Waals surface area contributed by atoms with Gasteiger partial charge in [0, 0.05) is 0 Å². The number of esters is 2. The SMILES string of the molecule is CC(C)(CCCOc1ccccc1)OC(=O)CCC(=O)OC(C)(C)CCCOc1ccccc1. The van der Waals surface area contributed by atoms with Crippen LogP contribution in [-0.4, -0.2) is 36.4 Å². The van der Waals surface area contributed by atoms with E-state index < -0.39 is 23.1 Å². The fraction of sp³-hybridized carbons (Fsp3) is 0.500. The van der Waals surface area contributed by atoms with E-state index in [1.807, 2.05) is 88.4 Å². The Morgan fingerprint density at radius 1 is 0.618 bits per heavy atom. The van der Waals surface area contributed by atoms with Crippen molar-refractivity contribution in [1.29, 1.82) is 0 Å². The molecular formula is C28H38O6. The first-order valence-electron chi connectivity index (χ1n) is 11.9. The van der Waals surface area contributed by atoms with Gasteiger partial charge in [0.2, 0.25) is 0 Å². The van der Waals surface area contributed by atoms with Crippen LogP contribution < -0.4 is 9.47 Å². The standard InChI is InChI=1S/C28H38O6/c1-27(2,19-11-21-31-23-13-7-5-8-14-23)33-25(29)17-18-26(30)34-28(3,4)20-12-22-32-24-15-9-6-10-16-24/h5-10,13-16H,11-12,17-22H2,1-4H3. The number of benzene rings is 2. The average molecular weight is 471 g/mol. The highest BCUT2D eigenvalue weighted by atomic mass is 16.6. The van der Waals surface area contributed by atoms with Gasteiger partial charge < -0.3 is 18.9 Å². The Kier molecular flexibility index (Phi) is 10.9. The maximum absolute atomic E-state index is 12.3. The summed E-state index contributed by atoms with van der Waals surface area (Å²) in [6.45, 7) is 8.56. The van der Waals surface area contributed by atoms with Gasteiger partial charge in [-0.1, -0.05) is 36.4 Å². The first-order chi connectivity index (χ1) is 16.2. The van der Waals surface area contributed by atoms with Gasteiger partial charge in [-0.25, -0.2) is 0 Å². The molecule has 0 saturated heterocycles. The predicted molar refractivity (Wildman–Crippen MR) is 132 cm³/mol. The smallest absolute Gasteiger partial charge is 0.306 e. The lowest BCUT2D eigenvalue weighted by molar-refractivity contribution is -0.164. The minimum atomic E-state index is -0.626. The molecule has 0 fully saturated rings. The molecule has 0 heterocycles. The van der Waals surface area contributed by atoms with Crippen LogP contribution in [-0.2, 0) is 19.1 Å². The highest BCUT2D eigenvalue weighted by Gasteiger charge is 2.25. The van der Waals surface area contributed by atoms with Gasteiger partial charge in [0.25, 0.3) is 0 Å². The highest BCUT2D eigenvalue weighted by molar-refractivity contribution is 5.78. The van der Waals surface area contributed by atoms with E-state index in [2.05, 4.69) is 0 Å². The monoisotopic (exact) mass is 470 g/mol. The van der Waals surface area contributed by atoms with Crippen molar-refractivity contribution in [2.45, 2.75) is 77.4 Å². The first-order valence-corrected chi connectivity index (χ1v) is 11.9. The first kappa shape index (κ1) is 27.2. The van der Waals surface area contributed by atoms with Crippen LogP contribution in [0.3, 0.4) is 0 Å². The fourth-order valence-electron chi connectivity index (χ4n) is 3.43. The number of ether oxygens (including phenoxy) is 4. The van der Waals surface area contributed by atoms with Crippen LogP contribution in [0.2, 0.25) is 0 Å². The van der Waals surface area contributed by atoms with Gasteiger partial charge in [-0.05, 0) is 77.6 Å². The lowest BCUT2D eigenvalue weighted by atomic mass is 10.0. The van der Waals surface area contributed by atoms with Crippen LogP contribution in [0.25, 0.3) is 0 Å². The molecule has 6 nitrogen and oxygen atoms in total. The van der Waals surface area contributed by atoms with Crippen LogP contribution in [0.4, 0.5) is 0 Å². The normalized spacial score (nSPS) is 11.5. The molecule has 0 radical (unpaired) electrons. The molecule has 0 N–H and O–H groups in total. The largest absolute Gasteiger partial charge is 0.494 e. The minimum absolute atomic E-state index is 0.00399. The lowest BCUT2D eigenvalue weighted by Crippen LogP contribution is -2.30. The molecule has 0 bridgehead atoms. The quantitative estimate of drug-likeness (QED) is 0.230. The number of hydrogen-bond donors (Lipinski definition) is 0. The molecule has 0 atom stereocenters. The van der Waals surface area contributed by atoms with Crippen LogP contribution in [0.5, 0.6) is 11.5 Å². The summed E-state index contributed by atoms with van der Waals surface area (Å²) >= 11 is 0. The second-order valence-electron chi connectivity index (χ2n) is 9.50. The van der Waals surface area contributed by atoms with E-state index in [4.69, 9.17) is 18.9 Å². The molecule has 0 saturated carbocycles. The van der Waals surface area contributed by atoms with E-state index in [-0.39, 0.29) is 12.8 Å². The van der Waals surface area contributed by atoms with E-state index in [1.54, 1.807) is 0 Å². The maximum Gasteiger partial charge on any atom is 0.306 e. The molecular weight excluding hydrogens is 432 g/mol. The number of hydrogen-bond acceptors (Lipinski definition) is 6. The summed E-state index contributed by atoms with van der Waals surface area (Å²) in [4.78, 5) is 24.5. The number of carbonyl (C=O) groups excluding carboxylic acids is 2. The van der Waals surface area contributed by atoms with Crippen LogP contribution >= 0.6 is 0 Å². The third-order valence-electron chi connectivity index (χ3n) is 5.18. The maximum atomic E-state index is 12.3. The van der Waals surface area contributed by atoms with E-state index >= 15 is 0 Å². The van der Waals surface area contributed by atoms with Crippen molar-refractivity contribution in [1.82, 2.24) is 0 Å². The van der Waals surface area contributed by atoms with Gasteiger partial charge in [-0.3, -0.25) is 9.59 Å². The van der Waals surface area contributed by atoms with Crippen molar-refractivity contribution in [2.24, 2.45) is 0 Å². The number of rotatable bonds is 15. The molecule has 0 aliphatic heterocycles. The van der Waals surface area contributed by atoms with Gasteiger partial charge in [0.05, 0.1) is 26.1 Å². The molecule has 6 heteroatoms. The van der Waals surface area contributed by atoms with E-state index in [0.717, 1.165) is 24.3 Å². The lowest BCUT2D eigenvalue weighted by Gasteiger charge is -2.26. The Bertz CT molecular complexity index is 787. The summed E-state index contributed by atoms with van der Waals surface area (Å²) in [5.74, 6) is 0.838. The van der Waals surface area contributed by atoms with Gasteiger partial charge in [-0.2, -0.15) is 0 Å². The average Bonchev–Trinajstić information content (AvgIpc) is 2.79. The summed E-state index contributed by atoms with van der Waals surface area (Å²) < 4.78 is 22.5. The van der Waals surface area contributed by atoms with E-state index in [0.29, 0.717) is 26.1 Å². The predicted octanol–water partition coefficient (Wildman–Crippen LogP) is 6.13.